The molecule has 1 atom stereocenters. The molecule has 0 radical (unpaired) electrons. The van der Waals surface area contributed by atoms with Crippen molar-refractivity contribution in [2.24, 2.45) is 0 Å². The molecule has 1 unspecified atom stereocenters. The molecule has 0 aliphatic carbocycles. The molecule has 1 saturated heterocycles. The predicted octanol–water partition coefficient (Wildman–Crippen LogP) is 2.86. The van der Waals surface area contributed by atoms with Crippen molar-refractivity contribution in [3.05, 3.63) is 30.2 Å². The lowest BCUT2D eigenvalue weighted by Crippen LogP contribution is -2.09. The van der Waals surface area contributed by atoms with Gasteiger partial charge < -0.3 is 4.52 Å². The van der Waals surface area contributed by atoms with Gasteiger partial charge >= 0.3 is 0 Å². The van der Waals surface area contributed by atoms with Crippen LogP contribution in [0.4, 0.5) is 0 Å². The van der Waals surface area contributed by atoms with Gasteiger partial charge in [-0.1, -0.05) is 5.16 Å². The van der Waals surface area contributed by atoms with Gasteiger partial charge in [-0.05, 0) is 30.5 Å². The van der Waals surface area contributed by atoms with Crippen LogP contribution in [-0.2, 0) is 4.79 Å². The fourth-order valence-corrected chi connectivity index (χ4v) is 3.41. The van der Waals surface area contributed by atoms with Crippen molar-refractivity contribution in [3.8, 4) is 11.4 Å². The zero-order chi connectivity index (χ0) is 13.2. The maximum Gasteiger partial charge on any atom is 0.238 e. The van der Waals surface area contributed by atoms with Crippen molar-refractivity contribution in [1.29, 1.82) is 0 Å². The van der Waals surface area contributed by atoms with E-state index in [9.17, 15) is 4.79 Å². The summed E-state index contributed by atoms with van der Waals surface area (Å²) in [4.78, 5) is 17.2. The Labute approximate surface area is 119 Å². The number of Topliss-reactive ketones (excluding diaryl/α,β-unsaturated/α-hetero) is 1. The van der Waals surface area contributed by atoms with E-state index in [0.717, 1.165) is 11.3 Å². The first-order valence-electron chi connectivity index (χ1n) is 5.86. The van der Waals surface area contributed by atoms with Crippen LogP contribution < -0.4 is 0 Å². The van der Waals surface area contributed by atoms with E-state index in [2.05, 4.69) is 10.1 Å². The van der Waals surface area contributed by atoms with E-state index in [-0.39, 0.29) is 11.7 Å². The van der Waals surface area contributed by atoms with Gasteiger partial charge in [0.25, 0.3) is 0 Å². The highest BCUT2D eigenvalue weighted by molar-refractivity contribution is 8.00. The van der Waals surface area contributed by atoms with Crippen molar-refractivity contribution in [3.63, 3.8) is 0 Å². The summed E-state index contributed by atoms with van der Waals surface area (Å²) >= 11 is 3.30. The zero-order valence-electron chi connectivity index (χ0n) is 10.3. The van der Waals surface area contributed by atoms with Crippen LogP contribution in [0.25, 0.3) is 11.4 Å². The molecule has 0 N–H and O–H groups in total. The number of aromatic nitrogens is 2. The predicted molar refractivity (Wildman–Crippen MR) is 76.6 cm³/mol. The zero-order valence-corrected chi connectivity index (χ0v) is 12.0. The van der Waals surface area contributed by atoms with Gasteiger partial charge in [0.15, 0.2) is 5.78 Å². The van der Waals surface area contributed by atoms with E-state index in [4.69, 9.17) is 4.52 Å². The summed E-state index contributed by atoms with van der Waals surface area (Å²) in [5.74, 6) is 2.23. The summed E-state index contributed by atoms with van der Waals surface area (Å²) < 4.78 is 5.23. The maximum absolute atomic E-state index is 11.7. The molecule has 98 valence electrons. The lowest BCUT2D eigenvalue weighted by molar-refractivity contribution is -0.117. The number of hydrogen-bond acceptors (Lipinski definition) is 6. The van der Waals surface area contributed by atoms with E-state index in [0.29, 0.717) is 17.5 Å². The molecular weight excluding hydrogens is 280 g/mol. The molecule has 19 heavy (non-hydrogen) atoms. The highest BCUT2D eigenvalue weighted by atomic mass is 32.2. The number of rotatable bonds is 3. The molecule has 6 heteroatoms. The van der Waals surface area contributed by atoms with Crippen LogP contribution in [0.2, 0.25) is 0 Å². The van der Waals surface area contributed by atoms with Gasteiger partial charge in [0.2, 0.25) is 11.7 Å². The highest BCUT2D eigenvalue weighted by Crippen LogP contribution is 2.30. The standard InChI is InChI=1S/C13H12N2O2S2/c1-18-9-4-2-8(3-5-9)12-14-13(17-15-12)10-6-19-7-11(10)16/h2-5,10H,6-7H2,1H3. The maximum atomic E-state index is 11.7. The summed E-state index contributed by atoms with van der Waals surface area (Å²) in [6, 6.07) is 7.97. The molecule has 0 bridgehead atoms. The topological polar surface area (TPSA) is 56.0 Å². The number of ketones is 1. The van der Waals surface area contributed by atoms with Crippen molar-refractivity contribution < 1.29 is 9.32 Å². The van der Waals surface area contributed by atoms with Crippen LogP contribution in [0.1, 0.15) is 11.8 Å². The molecule has 0 saturated carbocycles. The quantitative estimate of drug-likeness (QED) is 0.811. The lowest BCUT2D eigenvalue weighted by Gasteiger charge is -1.98. The van der Waals surface area contributed by atoms with Crippen molar-refractivity contribution in [2.45, 2.75) is 10.8 Å². The largest absolute Gasteiger partial charge is 0.338 e. The second-order valence-electron chi connectivity index (χ2n) is 4.22. The van der Waals surface area contributed by atoms with Gasteiger partial charge in [-0.2, -0.15) is 16.7 Å². The Kier molecular flexibility index (Phi) is 3.61. The van der Waals surface area contributed by atoms with Gasteiger partial charge in [-0.15, -0.1) is 11.8 Å². The molecule has 0 amide bonds. The third kappa shape index (κ3) is 2.55. The van der Waals surface area contributed by atoms with Crippen LogP contribution in [-0.4, -0.2) is 33.7 Å². The Morgan fingerprint density at radius 3 is 2.79 bits per heavy atom. The second-order valence-corrected chi connectivity index (χ2v) is 6.13. The van der Waals surface area contributed by atoms with Crippen molar-refractivity contribution in [2.75, 3.05) is 17.8 Å². The number of benzene rings is 1. The molecule has 1 aliphatic heterocycles. The fourth-order valence-electron chi connectivity index (χ4n) is 1.91. The van der Waals surface area contributed by atoms with E-state index in [1.165, 1.54) is 4.90 Å². The van der Waals surface area contributed by atoms with Crippen LogP contribution in [0.5, 0.6) is 0 Å². The van der Waals surface area contributed by atoms with E-state index in [1.807, 2.05) is 30.5 Å². The molecular formula is C13H12N2O2S2. The summed E-state index contributed by atoms with van der Waals surface area (Å²) in [6.45, 7) is 0. The summed E-state index contributed by atoms with van der Waals surface area (Å²) in [5.41, 5.74) is 0.908. The van der Waals surface area contributed by atoms with Crippen LogP contribution in [0.3, 0.4) is 0 Å². The summed E-state index contributed by atoms with van der Waals surface area (Å²) in [5, 5.41) is 3.97. The first-order chi connectivity index (χ1) is 9.28. The normalized spacial score (nSPS) is 19.0. The van der Waals surface area contributed by atoms with E-state index in [1.54, 1.807) is 23.5 Å². The van der Waals surface area contributed by atoms with Crippen molar-refractivity contribution >= 4 is 29.3 Å². The summed E-state index contributed by atoms with van der Waals surface area (Å²) in [7, 11) is 0. The number of nitrogens with zero attached hydrogens (tertiary/aromatic N) is 2. The number of carbonyl (C=O) groups excluding carboxylic acids is 1. The molecule has 1 aromatic heterocycles. The third-order valence-electron chi connectivity index (χ3n) is 3.01. The molecule has 4 nitrogen and oxygen atoms in total. The van der Waals surface area contributed by atoms with E-state index < -0.39 is 0 Å². The summed E-state index contributed by atoms with van der Waals surface area (Å²) in [6.07, 6.45) is 2.03. The Hall–Kier alpha value is -1.27. The second kappa shape index (κ2) is 5.38. The molecule has 1 aliphatic rings. The first kappa shape index (κ1) is 12.7. The molecule has 2 heterocycles. The Morgan fingerprint density at radius 1 is 1.37 bits per heavy atom. The van der Waals surface area contributed by atoms with Gasteiger partial charge in [0, 0.05) is 16.2 Å². The molecule has 1 fully saturated rings. The minimum absolute atomic E-state index is 0.179. The third-order valence-corrected chi connectivity index (χ3v) is 4.81. The number of thioether (sulfide) groups is 2. The van der Waals surface area contributed by atoms with E-state index >= 15 is 0 Å². The Morgan fingerprint density at radius 2 is 2.16 bits per heavy atom. The molecule has 0 spiro atoms. The lowest BCUT2D eigenvalue weighted by atomic mass is 10.1. The monoisotopic (exact) mass is 292 g/mol. The first-order valence-corrected chi connectivity index (χ1v) is 8.24. The van der Waals surface area contributed by atoms with Crippen LogP contribution in [0, 0.1) is 0 Å². The SMILES string of the molecule is CSc1ccc(-c2noc(C3CSCC3=O)n2)cc1. The highest BCUT2D eigenvalue weighted by Gasteiger charge is 2.31. The Bertz CT molecular complexity index is 595. The van der Waals surface area contributed by atoms with Crippen LogP contribution in [0.15, 0.2) is 33.7 Å². The average Bonchev–Trinajstić information content (AvgIpc) is 3.07. The van der Waals surface area contributed by atoms with Gasteiger partial charge in [-0.25, -0.2) is 0 Å². The minimum atomic E-state index is -0.225. The Balaban J connectivity index is 1.85. The number of carbonyl (C=O) groups is 1. The smallest absolute Gasteiger partial charge is 0.238 e. The fraction of sp³-hybridized carbons (Fsp3) is 0.308. The molecule has 1 aromatic carbocycles. The van der Waals surface area contributed by atoms with Gasteiger partial charge in [0.05, 0.1) is 5.75 Å². The average molecular weight is 292 g/mol. The minimum Gasteiger partial charge on any atom is -0.338 e. The van der Waals surface area contributed by atoms with Gasteiger partial charge in [0.1, 0.15) is 5.92 Å². The molecule has 2 aromatic rings. The van der Waals surface area contributed by atoms with Crippen molar-refractivity contribution in [1.82, 2.24) is 10.1 Å². The van der Waals surface area contributed by atoms with Crippen LogP contribution >= 0.6 is 23.5 Å². The molecule has 3 rings (SSSR count). The van der Waals surface area contributed by atoms with Gasteiger partial charge in [-0.3, -0.25) is 4.79 Å². The number of hydrogen-bond donors (Lipinski definition) is 0.